The van der Waals surface area contributed by atoms with Gasteiger partial charge in [-0.1, -0.05) is 204 Å². The van der Waals surface area contributed by atoms with Crippen molar-refractivity contribution in [3.8, 4) is 0 Å². The highest BCUT2D eigenvalue weighted by atomic mass is 35.5. The molecule has 8 aromatic rings. The quantitative estimate of drug-likeness (QED) is 0.0364. The molecule has 133 heavy (non-hydrogen) atoms. The molecule has 0 radical (unpaired) electrons. The number of carbonyl (C=O) groups excluding carboxylic acids is 8. The van der Waals surface area contributed by atoms with Gasteiger partial charge in [0, 0.05) is 84.7 Å². The van der Waals surface area contributed by atoms with Crippen molar-refractivity contribution in [2.45, 2.75) is 213 Å². The average Bonchev–Trinajstić information content (AvgIpc) is 1.58. The Morgan fingerprint density at radius 3 is 1.01 bits per heavy atom. The molecular formula is C100H120Cl9N7O17. The predicted octanol–water partition coefficient (Wildman–Crippen LogP) is 22.4. The van der Waals surface area contributed by atoms with Crippen LogP contribution in [0.3, 0.4) is 0 Å². The molecule has 5 saturated heterocycles. The Balaban J connectivity index is 0.000000230. The second-order valence-electron chi connectivity index (χ2n) is 36.4. The van der Waals surface area contributed by atoms with Crippen LogP contribution in [-0.2, 0) is 57.1 Å². The Morgan fingerprint density at radius 2 is 0.722 bits per heavy atom. The van der Waals surface area contributed by atoms with Crippen LogP contribution >= 0.6 is 105 Å². The number of hydrogen-bond acceptors (Lipinski definition) is 20. The van der Waals surface area contributed by atoms with Gasteiger partial charge in [0.2, 0.25) is 17.7 Å². The van der Waals surface area contributed by atoms with Gasteiger partial charge < -0.3 is 64.8 Å². The standard InChI is InChI=1S/2C27H32Cl2N2O4.C18H18Cl2N2O3.C10H13NO2.C9H8Cl2O2.C9H16O2.ClH/c2*1-16(17-6-8-18(9-7-17)25(33)34-5)31-24(32)23(19-12-20(28)14-21(29)13-19)30-27(31)10-11-35-22(15-27)26(2,3)4;1-10(11-3-5-12(6-4-11)18(24)25-2)22-17(23)16(21)13-7-14(19)9-15(20)8-13;1-7(11)8-3-5-9(6-4-8)10(12)13-2;1-5(9(12)13)6-2-7(10)4-8(11)3-6;1-9(2,3)8-6-7(10)4-5-11-8;/h2*6-9,12-14,16,22-23,30H,10-11,15H2,1-5H3;3-10,16H,21H2,1-2H3,(H,22,23);3-7H,11H2,1-2H3;2-5H,1H3,(H,12,13);8H,4-6H2,1-3H3;1H/t2*16-,22?,23?,27?;10-,16?;7-;;;/m1111.../s1. The number of carboxylic acid groups (broad SMARTS) is 1. The highest BCUT2D eigenvalue weighted by Crippen LogP contribution is 2.49. The maximum Gasteiger partial charge on any atom is 0.337 e. The maximum atomic E-state index is 14.1. The molecule has 2 spiro atoms. The second kappa shape index (κ2) is 49.0. The molecular weight excluding hydrogens is 1890 g/mol. The minimum atomic E-state index is -0.895. The summed E-state index contributed by atoms with van der Waals surface area (Å²) in [5.74, 6) is -3.09. The molecule has 0 bridgehead atoms. The SMILES string of the molecule is CC(C(=O)O)c1cc(Cl)cc(Cl)c1.CC(C)(C)C1CC(=O)CCO1.COC(=O)c1ccc([C@@H](C)N)cc1.COC(=O)c1ccc([C@@H](C)N2C(=O)C(c3cc(Cl)cc(Cl)c3)NC23CCOC(C(C)(C)C)C3)cc1.COC(=O)c1ccc([C@@H](C)N2C(=O)C(c3cc(Cl)cc(Cl)c3)NC23CCOC(C(C)(C)C)C3)cc1.COC(=O)c1ccc([C@@H](C)NC(=O)C(N)c2cc(Cl)cc(Cl)c2)cc1.Cl. The number of ketones is 1. The fraction of sp³-hybridized carbons (Fsp3) is 0.430. The molecule has 8 aromatic carbocycles. The lowest BCUT2D eigenvalue weighted by molar-refractivity contribution is -0.147. The Labute approximate surface area is 825 Å². The van der Waals surface area contributed by atoms with Gasteiger partial charge >= 0.3 is 29.8 Å². The summed E-state index contributed by atoms with van der Waals surface area (Å²) in [6.45, 7) is 30.3. The number of methoxy groups -OCH3 is 4. The fourth-order valence-electron chi connectivity index (χ4n) is 15.9. The number of carboxylic acids is 1. The first kappa shape index (κ1) is 112. The molecule has 5 fully saturated rings. The highest BCUT2D eigenvalue weighted by molar-refractivity contribution is 6.36. The van der Waals surface area contributed by atoms with Gasteiger partial charge in [-0.25, -0.2) is 19.2 Å². The number of carbonyl (C=O) groups is 9. The van der Waals surface area contributed by atoms with Gasteiger partial charge in [0.25, 0.3) is 0 Å². The van der Waals surface area contributed by atoms with E-state index in [-0.39, 0.29) is 94.8 Å². The van der Waals surface area contributed by atoms with Crippen molar-refractivity contribution < 1.29 is 81.4 Å². The van der Waals surface area contributed by atoms with Gasteiger partial charge in [0.05, 0.1) is 124 Å². The van der Waals surface area contributed by atoms with E-state index < -0.39 is 59.2 Å². The van der Waals surface area contributed by atoms with Gasteiger partial charge in [0.1, 0.15) is 23.9 Å². The number of nitrogens with one attached hydrogen (secondary N) is 3. The van der Waals surface area contributed by atoms with Crippen molar-refractivity contribution >= 4 is 159 Å². The van der Waals surface area contributed by atoms with Crippen molar-refractivity contribution in [3.63, 3.8) is 0 Å². The van der Waals surface area contributed by atoms with Crippen LogP contribution in [0.2, 0.25) is 40.2 Å². The first-order valence-corrected chi connectivity index (χ1v) is 46.1. The summed E-state index contributed by atoms with van der Waals surface area (Å²) in [5, 5.41) is 22.6. The maximum absolute atomic E-state index is 14.1. The number of hydrogen-bond donors (Lipinski definition) is 6. The van der Waals surface area contributed by atoms with Gasteiger partial charge in [-0.2, -0.15) is 0 Å². The number of esters is 4. The molecule has 8 N–H and O–H groups in total. The van der Waals surface area contributed by atoms with Gasteiger partial charge in [-0.15, -0.1) is 12.4 Å². The number of halogens is 9. The Bertz CT molecular complexity index is 5110. The monoisotopic (exact) mass is 2010 g/mol. The number of nitrogens with two attached hydrogens (primary N) is 2. The van der Waals surface area contributed by atoms with Crippen LogP contribution in [0.4, 0.5) is 0 Å². The van der Waals surface area contributed by atoms with E-state index >= 15 is 0 Å². The van der Waals surface area contributed by atoms with Crippen LogP contribution in [0.25, 0.3) is 0 Å². The van der Waals surface area contributed by atoms with E-state index in [4.69, 9.17) is 133 Å². The summed E-state index contributed by atoms with van der Waals surface area (Å²) in [5.41, 5.74) is 18.6. The van der Waals surface area contributed by atoms with Gasteiger partial charge in [-0.3, -0.25) is 34.6 Å². The number of nitrogens with zero attached hydrogens (tertiary/aromatic N) is 2. The summed E-state index contributed by atoms with van der Waals surface area (Å²) in [4.78, 5) is 112. The van der Waals surface area contributed by atoms with Crippen LogP contribution in [0, 0.1) is 16.2 Å². The Hall–Kier alpha value is -8.48. The second-order valence-corrected chi connectivity index (χ2v) is 39.9. The molecule has 13 rings (SSSR count). The molecule has 3 amide bonds. The summed E-state index contributed by atoms with van der Waals surface area (Å²) < 4.78 is 36.7. The molecule has 0 saturated carbocycles. The first-order valence-electron chi connectivity index (χ1n) is 43.1. The van der Waals surface area contributed by atoms with E-state index in [1.807, 2.05) is 73.9 Å². The number of ether oxygens (including phenoxy) is 7. The molecule has 0 aromatic heterocycles. The zero-order valence-corrected chi connectivity index (χ0v) is 84.7. The number of amides is 3. The topological polar surface area (TPSA) is 333 Å². The summed E-state index contributed by atoms with van der Waals surface area (Å²) in [7, 11) is 5.40. The van der Waals surface area contributed by atoms with Crippen molar-refractivity contribution in [2.24, 2.45) is 27.7 Å². The predicted molar refractivity (Wildman–Crippen MR) is 524 cm³/mol. The zero-order chi connectivity index (χ0) is 98.0. The van der Waals surface area contributed by atoms with Crippen LogP contribution < -0.4 is 27.4 Å². The molecule has 5 aliphatic rings. The van der Waals surface area contributed by atoms with Crippen molar-refractivity contribution in [1.29, 1.82) is 0 Å². The summed E-state index contributed by atoms with van der Waals surface area (Å²) >= 11 is 48.5. The van der Waals surface area contributed by atoms with Crippen molar-refractivity contribution in [3.05, 3.63) is 277 Å². The van der Waals surface area contributed by atoms with E-state index in [1.54, 1.807) is 140 Å². The van der Waals surface area contributed by atoms with E-state index in [1.165, 1.54) is 28.4 Å². The van der Waals surface area contributed by atoms with E-state index in [9.17, 15) is 43.2 Å². The third kappa shape index (κ3) is 30.3. The molecule has 0 aliphatic carbocycles. The van der Waals surface area contributed by atoms with E-state index in [0.717, 1.165) is 33.4 Å². The molecule has 24 nitrogen and oxygen atoms in total. The highest BCUT2D eigenvalue weighted by Gasteiger charge is 2.58. The van der Waals surface area contributed by atoms with Crippen LogP contribution in [0.5, 0.6) is 0 Å². The first-order chi connectivity index (χ1) is 61.9. The number of rotatable bonds is 17. The number of benzene rings is 8. The van der Waals surface area contributed by atoms with E-state index in [0.29, 0.717) is 138 Å². The lowest BCUT2D eigenvalue weighted by Gasteiger charge is -2.49. The van der Waals surface area contributed by atoms with E-state index in [2.05, 4.69) is 87.7 Å². The lowest BCUT2D eigenvalue weighted by atomic mass is 9.80. The molecule has 13 atom stereocenters. The average molecular weight is 2010 g/mol. The Morgan fingerprint density at radius 1 is 0.429 bits per heavy atom. The molecule has 5 aliphatic heterocycles. The van der Waals surface area contributed by atoms with Gasteiger partial charge in [0.15, 0.2) is 0 Å². The largest absolute Gasteiger partial charge is 0.481 e. The smallest absolute Gasteiger partial charge is 0.337 e. The number of Topliss-reactive ketones (excluding diaryl/α,β-unsaturated/α-hetero) is 1. The minimum Gasteiger partial charge on any atom is -0.481 e. The molecule has 720 valence electrons. The summed E-state index contributed by atoms with van der Waals surface area (Å²) in [6, 6.07) is 45.5. The third-order valence-electron chi connectivity index (χ3n) is 23.6. The fourth-order valence-corrected chi connectivity index (χ4v) is 18.1. The zero-order valence-electron chi connectivity index (χ0n) is 77.8. The summed E-state index contributed by atoms with van der Waals surface area (Å²) in [6.07, 6.45) is 3.88. The normalized spacial score (nSPS) is 20.6. The third-order valence-corrected chi connectivity index (χ3v) is 25.4. The number of aliphatic carboxylic acids is 1. The lowest BCUT2D eigenvalue weighted by Crippen LogP contribution is -2.59. The minimum absolute atomic E-state index is 0. The molecule has 9 unspecified atom stereocenters. The van der Waals surface area contributed by atoms with Crippen LogP contribution in [0.15, 0.2) is 170 Å². The Kier molecular flexibility index (Phi) is 41.1. The van der Waals surface area contributed by atoms with Crippen LogP contribution in [-0.4, -0.2) is 146 Å². The van der Waals surface area contributed by atoms with Gasteiger partial charge in [-0.05, 0) is 217 Å². The molecule has 33 heteroatoms. The van der Waals surface area contributed by atoms with Crippen molar-refractivity contribution in [1.82, 2.24) is 25.8 Å². The van der Waals surface area contributed by atoms with Crippen molar-refractivity contribution in [2.75, 3.05) is 48.3 Å². The van der Waals surface area contributed by atoms with Crippen LogP contribution in [0.1, 0.15) is 270 Å². The molecule has 5 heterocycles.